The molecule has 0 bridgehead atoms. The minimum Gasteiger partial charge on any atom is -0.203 e. The Morgan fingerprint density at radius 1 is 0.865 bits per heavy atom. The number of benzene rings is 1. The van der Waals surface area contributed by atoms with Gasteiger partial charge in [0.25, 0.3) is 0 Å². The minimum absolute atomic E-state index is 0.487. The zero-order valence-electron chi connectivity index (χ0n) is 23.3. The van der Waals surface area contributed by atoms with Crippen molar-refractivity contribution in [2.24, 2.45) is 29.6 Å². The van der Waals surface area contributed by atoms with Crippen LogP contribution in [0.2, 0.25) is 0 Å². The molecule has 2 saturated carbocycles. The van der Waals surface area contributed by atoms with Crippen molar-refractivity contribution in [3.05, 3.63) is 65.8 Å². The summed E-state index contributed by atoms with van der Waals surface area (Å²) in [6, 6.07) is 3.66. The predicted molar refractivity (Wildman–Crippen MR) is 154 cm³/mol. The maximum absolute atomic E-state index is 15.1. The van der Waals surface area contributed by atoms with Crippen molar-refractivity contribution in [3.63, 3.8) is 0 Å². The van der Waals surface area contributed by atoms with Gasteiger partial charge in [0.2, 0.25) is 0 Å². The topological polar surface area (TPSA) is 0 Å². The summed E-state index contributed by atoms with van der Waals surface area (Å²) in [6.45, 7) is 6.23. The highest BCUT2D eigenvalue weighted by molar-refractivity contribution is 5.67. The van der Waals surface area contributed by atoms with Crippen LogP contribution < -0.4 is 0 Å². The Bertz CT molecular complexity index is 909. The van der Waals surface area contributed by atoms with Gasteiger partial charge in [0.1, 0.15) is 0 Å². The highest BCUT2D eigenvalue weighted by Crippen LogP contribution is 2.42. The van der Waals surface area contributed by atoms with Crippen LogP contribution in [0.25, 0.3) is 5.57 Å². The molecule has 0 aromatic heterocycles. The Balaban J connectivity index is 1.23. The van der Waals surface area contributed by atoms with Crippen molar-refractivity contribution in [1.82, 2.24) is 0 Å². The predicted octanol–water partition coefficient (Wildman–Crippen LogP) is 11.0. The highest BCUT2D eigenvalue weighted by atomic mass is 19.2. The van der Waals surface area contributed by atoms with E-state index in [0.29, 0.717) is 35.3 Å². The molecule has 0 heterocycles. The summed E-state index contributed by atoms with van der Waals surface area (Å²) in [5.74, 6) is 2.50. The van der Waals surface area contributed by atoms with Crippen molar-refractivity contribution < 1.29 is 8.78 Å². The summed E-state index contributed by atoms with van der Waals surface area (Å²) in [6.07, 6.45) is 29.0. The summed E-state index contributed by atoms with van der Waals surface area (Å²) in [5.41, 5.74) is 2.00. The lowest BCUT2D eigenvalue weighted by Gasteiger charge is -2.34. The Morgan fingerprint density at radius 2 is 1.62 bits per heavy atom. The van der Waals surface area contributed by atoms with Crippen molar-refractivity contribution in [1.29, 1.82) is 0 Å². The van der Waals surface area contributed by atoms with Gasteiger partial charge in [0, 0.05) is 5.56 Å². The van der Waals surface area contributed by atoms with Crippen molar-refractivity contribution in [2.45, 2.75) is 116 Å². The molecule has 2 heteroatoms. The summed E-state index contributed by atoms with van der Waals surface area (Å²) >= 11 is 0. The van der Waals surface area contributed by atoms with E-state index < -0.39 is 11.6 Å². The van der Waals surface area contributed by atoms with Crippen LogP contribution in [-0.2, 0) is 6.42 Å². The Kier molecular flexibility index (Phi) is 11.1. The molecule has 204 valence electrons. The Labute approximate surface area is 225 Å². The lowest BCUT2D eigenvalue weighted by Crippen LogP contribution is -2.22. The molecule has 3 aliphatic carbocycles. The van der Waals surface area contributed by atoms with E-state index in [0.717, 1.165) is 43.1 Å². The van der Waals surface area contributed by atoms with Gasteiger partial charge in [-0.1, -0.05) is 69.0 Å². The van der Waals surface area contributed by atoms with Crippen LogP contribution in [0.3, 0.4) is 0 Å². The van der Waals surface area contributed by atoms with Crippen LogP contribution in [-0.4, -0.2) is 0 Å². The van der Waals surface area contributed by atoms with Crippen molar-refractivity contribution >= 4 is 5.57 Å². The van der Waals surface area contributed by atoms with E-state index in [1.54, 1.807) is 0 Å². The van der Waals surface area contributed by atoms with Crippen LogP contribution in [0.1, 0.15) is 121 Å². The number of allylic oxidation sites excluding steroid dienone is 5. The van der Waals surface area contributed by atoms with E-state index in [-0.39, 0.29) is 0 Å². The minimum atomic E-state index is -0.640. The normalized spacial score (nSPS) is 28.8. The van der Waals surface area contributed by atoms with Gasteiger partial charge < -0.3 is 0 Å². The zero-order valence-corrected chi connectivity index (χ0v) is 23.3. The number of unbranched alkanes of at least 4 members (excludes halogenated alkanes) is 2. The average Bonchev–Trinajstić information content (AvgIpc) is 2.94. The monoisotopic (exact) mass is 508 g/mol. The number of halogens is 2. The third-order valence-corrected chi connectivity index (χ3v) is 9.87. The zero-order chi connectivity index (χ0) is 26.0. The van der Waals surface area contributed by atoms with Gasteiger partial charge in [-0.05, 0) is 124 Å². The van der Waals surface area contributed by atoms with E-state index >= 15 is 4.39 Å². The van der Waals surface area contributed by atoms with Gasteiger partial charge in [0.05, 0.1) is 0 Å². The highest BCUT2D eigenvalue weighted by Gasteiger charge is 2.29. The summed E-state index contributed by atoms with van der Waals surface area (Å²) in [7, 11) is 0. The lowest BCUT2D eigenvalue weighted by molar-refractivity contribution is 0.212. The van der Waals surface area contributed by atoms with Gasteiger partial charge >= 0.3 is 0 Å². The van der Waals surface area contributed by atoms with Crippen molar-refractivity contribution in [3.8, 4) is 0 Å². The third kappa shape index (κ3) is 7.90. The van der Waals surface area contributed by atoms with Gasteiger partial charge in [-0.15, -0.1) is 6.58 Å². The standard InChI is InChI=1S/C35H50F2/c1-3-5-6-9-27-12-14-28(15-13-27)10-7-8-11-32-24-25-33(35(37)34(32)36)31-22-20-30(21-23-31)29-18-16-26(4-2)17-19-29/h4,7,10,22,24-30H,2-3,5-6,8-9,11-21,23H2,1H3. The first-order valence-electron chi connectivity index (χ1n) is 15.5. The molecule has 0 spiro atoms. The van der Waals surface area contributed by atoms with Gasteiger partial charge in [-0.2, -0.15) is 0 Å². The first-order chi connectivity index (χ1) is 18.1. The molecular weight excluding hydrogens is 458 g/mol. The fourth-order valence-corrected chi connectivity index (χ4v) is 7.29. The van der Waals surface area contributed by atoms with E-state index in [1.807, 2.05) is 12.1 Å². The van der Waals surface area contributed by atoms with Crippen LogP contribution in [0.5, 0.6) is 0 Å². The van der Waals surface area contributed by atoms with Crippen molar-refractivity contribution in [2.75, 3.05) is 0 Å². The molecule has 1 aromatic rings. The maximum atomic E-state index is 15.1. The average molecular weight is 509 g/mol. The fraction of sp³-hybridized carbons (Fsp3) is 0.657. The summed E-state index contributed by atoms with van der Waals surface area (Å²) in [4.78, 5) is 0. The molecule has 0 radical (unpaired) electrons. The Hall–Kier alpha value is -1.70. The molecule has 1 atom stereocenters. The maximum Gasteiger partial charge on any atom is 0.166 e. The fourth-order valence-electron chi connectivity index (χ4n) is 7.29. The summed E-state index contributed by atoms with van der Waals surface area (Å²) < 4.78 is 30.1. The Morgan fingerprint density at radius 3 is 2.30 bits per heavy atom. The number of hydrogen-bond acceptors (Lipinski definition) is 0. The first-order valence-corrected chi connectivity index (χ1v) is 15.5. The van der Waals surface area contributed by atoms with Crippen LogP contribution in [0.4, 0.5) is 8.78 Å². The molecule has 2 fully saturated rings. The molecular formula is C35H50F2. The second-order valence-corrected chi connectivity index (χ2v) is 12.3. The van der Waals surface area contributed by atoms with E-state index in [1.165, 1.54) is 77.0 Å². The summed E-state index contributed by atoms with van der Waals surface area (Å²) in [5, 5.41) is 0. The molecule has 0 saturated heterocycles. The lowest BCUT2D eigenvalue weighted by atomic mass is 9.71. The van der Waals surface area contributed by atoms with E-state index in [4.69, 9.17) is 0 Å². The molecule has 37 heavy (non-hydrogen) atoms. The molecule has 0 N–H and O–H groups in total. The quantitative estimate of drug-likeness (QED) is 0.206. The number of aryl methyl sites for hydroxylation is 1. The largest absolute Gasteiger partial charge is 0.203 e. The molecule has 0 nitrogen and oxygen atoms in total. The smallest absolute Gasteiger partial charge is 0.166 e. The second-order valence-electron chi connectivity index (χ2n) is 12.3. The SMILES string of the molecule is C=CC1CCC(C2CC=C(c3ccc(CCC=CC4CCC(CCCCC)CC4)c(F)c3F)CC2)CC1. The second kappa shape index (κ2) is 14.5. The van der Waals surface area contributed by atoms with E-state index in [2.05, 4.69) is 37.8 Å². The van der Waals surface area contributed by atoms with Gasteiger partial charge in [-0.25, -0.2) is 8.78 Å². The number of hydrogen-bond donors (Lipinski definition) is 0. The third-order valence-electron chi connectivity index (χ3n) is 9.87. The van der Waals surface area contributed by atoms with Gasteiger partial charge in [-0.3, -0.25) is 0 Å². The molecule has 4 rings (SSSR count). The molecule has 1 unspecified atom stereocenters. The molecule has 0 aliphatic heterocycles. The number of rotatable bonds is 11. The van der Waals surface area contributed by atoms with Crippen LogP contribution in [0, 0.1) is 41.2 Å². The molecule has 0 amide bonds. The van der Waals surface area contributed by atoms with Crippen LogP contribution in [0.15, 0.2) is 43.0 Å². The van der Waals surface area contributed by atoms with Crippen LogP contribution >= 0.6 is 0 Å². The van der Waals surface area contributed by atoms with E-state index in [9.17, 15) is 4.39 Å². The van der Waals surface area contributed by atoms with Gasteiger partial charge in [0.15, 0.2) is 11.6 Å². The molecule has 3 aliphatic rings. The molecule has 1 aromatic carbocycles. The first kappa shape index (κ1) is 28.3.